The fourth-order valence-electron chi connectivity index (χ4n) is 2.04. The van der Waals surface area contributed by atoms with Crippen molar-refractivity contribution in [2.75, 3.05) is 10.5 Å². The Bertz CT molecular complexity index is 781. The summed E-state index contributed by atoms with van der Waals surface area (Å²) in [5, 5.41) is 0. The first-order chi connectivity index (χ1) is 9.72. The van der Waals surface area contributed by atoms with Crippen molar-refractivity contribution in [1.29, 1.82) is 0 Å². The van der Waals surface area contributed by atoms with Gasteiger partial charge < -0.3 is 5.73 Å². The highest BCUT2D eigenvalue weighted by atomic mass is 32.2. The monoisotopic (exact) mass is 308 g/mol. The Kier molecular flexibility index (Phi) is 3.91. The fraction of sp³-hybridized carbons (Fsp3) is 0.200. The number of anilines is 2. The summed E-state index contributed by atoms with van der Waals surface area (Å²) in [5.41, 5.74) is 8.39. The van der Waals surface area contributed by atoms with Gasteiger partial charge in [0, 0.05) is 5.69 Å². The first-order valence-electron chi connectivity index (χ1n) is 6.37. The lowest BCUT2D eigenvalue weighted by atomic mass is 10.1. The molecule has 0 amide bonds. The van der Waals surface area contributed by atoms with Crippen LogP contribution in [-0.4, -0.2) is 8.42 Å². The molecule has 0 aliphatic heterocycles. The topological polar surface area (TPSA) is 72.2 Å². The summed E-state index contributed by atoms with van der Waals surface area (Å²) in [5.74, 6) is -0.819. The van der Waals surface area contributed by atoms with Crippen LogP contribution in [0.25, 0.3) is 0 Å². The Labute approximate surface area is 123 Å². The van der Waals surface area contributed by atoms with E-state index in [1.165, 1.54) is 0 Å². The lowest BCUT2D eigenvalue weighted by Gasteiger charge is -2.14. The molecule has 4 nitrogen and oxygen atoms in total. The van der Waals surface area contributed by atoms with Gasteiger partial charge >= 0.3 is 0 Å². The Morgan fingerprint density at radius 3 is 2.19 bits per heavy atom. The molecule has 0 atom stereocenters. The number of benzene rings is 2. The smallest absolute Gasteiger partial charge is 0.264 e. The number of aryl methyl sites for hydroxylation is 3. The largest absolute Gasteiger partial charge is 0.398 e. The van der Waals surface area contributed by atoms with Crippen molar-refractivity contribution in [3.8, 4) is 0 Å². The van der Waals surface area contributed by atoms with Gasteiger partial charge in [0.2, 0.25) is 0 Å². The van der Waals surface area contributed by atoms with Crippen LogP contribution in [0.5, 0.6) is 0 Å². The average molecular weight is 308 g/mol. The molecular weight excluding hydrogens is 291 g/mol. The third-order valence-electron chi connectivity index (χ3n) is 3.33. The second kappa shape index (κ2) is 5.37. The fourth-order valence-corrected chi connectivity index (χ4v) is 3.34. The van der Waals surface area contributed by atoms with Crippen LogP contribution in [0.4, 0.5) is 15.8 Å². The van der Waals surface area contributed by atoms with Gasteiger partial charge in [-0.1, -0.05) is 18.2 Å². The summed E-state index contributed by atoms with van der Waals surface area (Å²) in [7, 11) is -4.03. The molecule has 0 fully saturated rings. The van der Waals surface area contributed by atoms with E-state index in [4.69, 9.17) is 5.73 Å². The molecule has 0 saturated carbocycles. The van der Waals surface area contributed by atoms with Gasteiger partial charge in [0.15, 0.2) is 0 Å². The Morgan fingerprint density at radius 2 is 1.62 bits per heavy atom. The molecular formula is C15H17FN2O2S. The Balaban J connectivity index is 2.51. The maximum absolute atomic E-state index is 14.0. The van der Waals surface area contributed by atoms with Crippen molar-refractivity contribution in [2.45, 2.75) is 25.7 Å². The van der Waals surface area contributed by atoms with E-state index in [2.05, 4.69) is 4.72 Å². The van der Waals surface area contributed by atoms with Gasteiger partial charge in [-0.15, -0.1) is 0 Å². The lowest BCUT2D eigenvalue weighted by Crippen LogP contribution is -2.16. The number of halogens is 1. The Hall–Kier alpha value is -2.08. The summed E-state index contributed by atoms with van der Waals surface area (Å²) >= 11 is 0. The molecule has 0 aliphatic carbocycles. The minimum Gasteiger partial charge on any atom is -0.398 e. The maximum Gasteiger partial charge on any atom is 0.264 e. The van der Waals surface area contributed by atoms with Crippen LogP contribution in [0.1, 0.15) is 16.7 Å². The predicted octanol–water partition coefficient (Wildman–Crippen LogP) is 3.13. The van der Waals surface area contributed by atoms with E-state index in [0.717, 1.165) is 23.3 Å². The summed E-state index contributed by atoms with van der Waals surface area (Å²) in [6, 6.07) is 7.65. The van der Waals surface area contributed by atoms with Gasteiger partial charge in [-0.25, -0.2) is 12.8 Å². The highest BCUT2D eigenvalue weighted by molar-refractivity contribution is 7.92. The van der Waals surface area contributed by atoms with Crippen molar-refractivity contribution in [3.05, 3.63) is 52.8 Å². The number of sulfonamides is 1. The molecule has 0 aliphatic rings. The minimum absolute atomic E-state index is 0.235. The molecule has 0 unspecified atom stereocenters. The van der Waals surface area contributed by atoms with E-state index >= 15 is 0 Å². The second-order valence-corrected chi connectivity index (χ2v) is 6.66. The first-order valence-corrected chi connectivity index (χ1v) is 7.85. The normalized spacial score (nSPS) is 11.4. The molecule has 2 aromatic rings. The van der Waals surface area contributed by atoms with Crippen molar-refractivity contribution >= 4 is 21.4 Å². The summed E-state index contributed by atoms with van der Waals surface area (Å²) in [6.07, 6.45) is 0. The zero-order chi connectivity index (χ0) is 15.8. The molecule has 2 aromatic carbocycles. The van der Waals surface area contributed by atoms with E-state index in [1.54, 1.807) is 32.9 Å². The third-order valence-corrected chi connectivity index (χ3v) is 4.69. The standard InChI is InChI=1S/C15H17FN2O2S/c1-9-5-4-6-10(2)15(9)18-21(19,20)14-8-13(17)11(3)7-12(14)16/h4-8,18H,17H2,1-3H3. The molecule has 2 rings (SSSR count). The number of nitrogens with one attached hydrogen (secondary N) is 1. The summed E-state index contributed by atoms with van der Waals surface area (Å²) < 4.78 is 41.2. The van der Waals surface area contributed by atoms with Gasteiger partial charge in [0.1, 0.15) is 10.7 Å². The highest BCUT2D eigenvalue weighted by Gasteiger charge is 2.21. The van der Waals surface area contributed by atoms with E-state index < -0.39 is 20.7 Å². The number of rotatable bonds is 3. The third kappa shape index (κ3) is 3.00. The summed E-state index contributed by atoms with van der Waals surface area (Å²) in [4.78, 5) is -0.451. The lowest BCUT2D eigenvalue weighted by molar-refractivity contribution is 0.570. The van der Waals surface area contributed by atoms with Gasteiger partial charge in [0.25, 0.3) is 10.0 Å². The number of nitrogen functional groups attached to an aromatic ring is 1. The molecule has 21 heavy (non-hydrogen) atoms. The molecule has 0 saturated heterocycles. The van der Waals surface area contributed by atoms with Gasteiger partial charge in [0.05, 0.1) is 5.69 Å². The van der Waals surface area contributed by atoms with E-state index in [0.29, 0.717) is 11.3 Å². The molecule has 0 radical (unpaired) electrons. The predicted molar refractivity (Wildman–Crippen MR) is 82.3 cm³/mol. The van der Waals surface area contributed by atoms with Crippen LogP contribution < -0.4 is 10.5 Å². The van der Waals surface area contributed by atoms with Crippen LogP contribution in [0.2, 0.25) is 0 Å². The SMILES string of the molecule is Cc1cc(F)c(S(=O)(=O)Nc2c(C)cccc2C)cc1N. The number of para-hydroxylation sites is 1. The van der Waals surface area contributed by atoms with Crippen molar-refractivity contribution in [3.63, 3.8) is 0 Å². The van der Waals surface area contributed by atoms with Crippen molar-refractivity contribution in [2.24, 2.45) is 0 Å². The van der Waals surface area contributed by atoms with E-state index in [-0.39, 0.29) is 5.69 Å². The van der Waals surface area contributed by atoms with Crippen LogP contribution in [0.3, 0.4) is 0 Å². The zero-order valence-electron chi connectivity index (χ0n) is 12.1. The van der Waals surface area contributed by atoms with Crippen LogP contribution in [-0.2, 0) is 10.0 Å². The number of hydrogen-bond acceptors (Lipinski definition) is 3. The summed E-state index contributed by atoms with van der Waals surface area (Å²) in [6.45, 7) is 5.18. The minimum atomic E-state index is -4.03. The highest BCUT2D eigenvalue weighted by Crippen LogP contribution is 2.26. The maximum atomic E-state index is 14.0. The molecule has 112 valence electrons. The average Bonchev–Trinajstić information content (AvgIpc) is 2.38. The molecule has 0 aromatic heterocycles. The van der Waals surface area contributed by atoms with Gasteiger partial charge in [-0.3, -0.25) is 4.72 Å². The molecule has 6 heteroatoms. The van der Waals surface area contributed by atoms with Gasteiger partial charge in [-0.2, -0.15) is 0 Å². The Morgan fingerprint density at radius 1 is 1.05 bits per heavy atom. The molecule has 0 heterocycles. The molecule has 0 bridgehead atoms. The van der Waals surface area contributed by atoms with Crippen LogP contribution in [0, 0.1) is 26.6 Å². The van der Waals surface area contributed by atoms with Gasteiger partial charge in [-0.05, 0) is 49.6 Å². The molecule has 0 spiro atoms. The van der Waals surface area contributed by atoms with E-state index in [9.17, 15) is 12.8 Å². The van der Waals surface area contributed by atoms with Crippen LogP contribution in [0.15, 0.2) is 35.2 Å². The zero-order valence-corrected chi connectivity index (χ0v) is 12.9. The second-order valence-electron chi connectivity index (χ2n) is 5.01. The van der Waals surface area contributed by atoms with Crippen molar-refractivity contribution < 1.29 is 12.8 Å². The number of hydrogen-bond donors (Lipinski definition) is 2. The molecule has 3 N–H and O–H groups in total. The van der Waals surface area contributed by atoms with Crippen molar-refractivity contribution in [1.82, 2.24) is 0 Å². The van der Waals surface area contributed by atoms with E-state index in [1.807, 2.05) is 6.07 Å². The van der Waals surface area contributed by atoms with Crippen LogP contribution >= 0.6 is 0 Å². The quantitative estimate of drug-likeness (QED) is 0.856. The number of nitrogens with two attached hydrogens (primary N) is 1. The first kappa shape index (κ1) is 15.3.